The highest BCUT2D eigenvalue weighted by Crippen LogP contribution is 2.18. The Labute approximate surface area is 111 Å². The zero-order valence-electron chi connectivity index (χ0n) is 10.8. The highest BCUT2D eigenvalue weighted by molar-refractivity contribution is 5.29. The molecule has 1 aromatic carbocycles. The van der Waals surface area contributed by atoms with Gasteiger partial charge in [0.25, 0.3) is 0 Å². The first kappa shape index (κ1) is 13.5. The molecular weight excluding hydrogens is 247 g/mol. The number of ether oxygens (including phenoxy) is 1. The Bertz CT molecular complexity index is 541. The molecule has 0 saturated carbocycles. The Kier molecular flexibility index (Phi) is 4.46. The Morgan fingerprint density at radius 1 is 1.42 bits per heavy atom. The van der Waals surface area contributed by atoms with Crippen LogP contribution in [0.1, 0.15) is 18.2 Å². The number of nitrogens with zero attached hydrogens (tertiary/aromatic N) is 3. The SMILES string of the molecule is CCOc1ccc(Cn2cc(CCN)nn2)cc1F. The maximum Gasteiger partial charge on any atom is 0.165 e. The fourth-order valence-electron chi connectivity index (χ4n) is 1.78. The molecule has 2 rings (SSSR count). The summed E-state index contributed by atoms with van der Waals surface area (Å²) < 4.78 is 20.5. The van der Waals surface area contributed by atoms with Gasteiger partial charge in [-0.05, 0) is 31.2 Å². The molecule has 0 fully saturated rings. The van der Waals surface area contributed by atoms with Gasteiger partial charge < -0.3 is 10.5 Å². The molecule has 0 aliphatic heterocycles. The topological polar surface area (TPSA) is 66.0 Å². The van der Waals surface area contributed by atoms with Gasteiger partial charge >= 0.3 is 0 Å². The quantitative estimate of drug-likeness (QED) is 0.855. The minimum Gasteiger partial charge on any atom is -0.491 e. The summed E-state index contributed by atoms with van der Waals surface area (Å²) in [5.41, 5.74) is 7.10. The van der Waals surface area contributed by atoms with Crippen LogP contribution in [0.5, 0.6) is 5.75 Å². The Morgan fingerprint density at radius 2 is 2.26 bits per heavy atom. The van der Waals surface area contributed by atoms with Gasteiger partial charge in [0.1, 0.15) is 0 Å². The minimum atomic E-state index is -0.360. The lowest BCUT2D eigenvalue weighted by Crippen LogP contribution is -2.03. The molecule has 0 aliphatic rings. The second-order valence-electron chi connectivity index (χ2n) is 4.14. The summed E-state index contributed by atoms with van der Waals surface area (Å²) in [7, 11) is 0. The molecule has 6 heteroatoms. The van der Waals surface area contributed by atoms with Crippen LogP contribution >= 0.6 is 0 Å². The van der Waals surface area contributed by atoms with Gasteiger partial charge in [-0.2, -0.15) is 0 Å². The van der Waals surface area contributed by atoms with Gasteiger partial charge in [-0.15, -0.1) is 5.10 Å². The molecule has 0 bridgehead atoms. The van der Waals surface area contributed by atoms with Gasteiger partial charge in [-0.25, -0.2) is 9.07 Å². The first-order valence-electron chi connectivity index (χ1n) is 6.23. The van der Waals surface area contributed by atoms with Crippen molar-refractivity contribution in [1.29, 1.82) is 0 Å². The van der Waals surface area contributed by atoms with E-state index in [2.05, 4.69) is 10.3 Å². The smallest absolute Gasteiger partial charge is 0.165 e. The highest BCUT2D eigenvalue weighted by Gasteiger charge is 2.06. The van der Waals surface area contributed by atoms with Crippen molar-refractivity contribution in [1.82, 2.24) is 15.0 Å². The molecule has 102 valence electrons. The lowest BCUT2D eigenvalue weighted by Gasteiger charge is -2.06. The molecule has 0 spiro atoms. The summed E-state index contributed by atoms with van der Waals surface area (Å²) in [6, 6.07) is 4.90. The van der Waals surface area contributed by atoms with Crippen LogP contribution < -0.4 is 10.5 Å². The van der Waals surface area contributed by atoms with Crippen molar-refractivity contribution in [2.24, 2.45) is 5.73 Å². The Hall–Kier alpha value is -1.95. The Morgan fingerprint density at radius 3 is 2.95 bits per heavy atom. The van der Waals surface area contributed by atoms with E-state index in [4.69, 9.17) is 10.5 Å². The summed E-state index contributed by atoms with van der Waals surface area (Å²) in [6.45, 7) is 3.28. The summed E-state index contributed by atoms with van der Waals surface area (Å²) in [6.07, 6.45) is 2.51. The molecule has 2 aromatic rings. The van der Waals surface area contributed by atoms with Crippen LogP contribution in [0.25, 0.3) is 0 Å². The van der Waals surface area contributed by atoms with E-state index in [9.17, 15) is 4.39 Å². The van der Waals surface area contributed by atoms with E-state index in [0.29, 0.717) is 26.1 Å². The van der Waals surface area contributed by atoms with Crippen LogP contribution in [0.3, 0.4) is 0 Å². The third kappa shape index (κ3) is 3.51. The predicted octanol–water partition coefficient (Wildman–Crippen LogP) is 1.37. The summed E-state index contributed by atoms with van der Waals surface area (Å²) in [4.78, 5) is 0. The summed E-state index contributed by atoms with van der Waals surface area (Å²) in [5, 5.41) is 7.96. The van der Waals surface area contributed by atoms with Gasteiger partial charge in [0.05, 0.1) is 18.8 Å². The maximum atomic E-state index is 13.7. The molecule has 0 saturated heterocycles. The van der Waals surface area contributed by atoms with Crippen LogP contribution in [0.4, 0.5) is 4.39 Å². The molecular formula is C13H17FN4O. The normalized spacial score (nSPS) is 10.7. The molecule has 2 N–H and O–H groups in total. The number of hydrogen-bond donors (Lipinski definition) is 1. The van der Waals surface area contributed by atoms with E-state index in [1.807, 2.05) is 19.2 Å². The van der Waals surface area contributed by atoms with Crippen molar-refractivity contribution in [3.63, 3.8) is 0 Å². The lowest BCUT2D eigenvalue weighted by molar-refractivity contribution is 0.321. The molecule has 19 heavy (non-hydrogen) atoms. The van der Waals surface area contributed by atoms with E-state index >= 15 is 0 Å². The number of rotatable bonds is 6. The molecule has 0 unspecified atom stereocenters. The lowest BCUT2D eigenvalue weighted by atomic mass is 10.2. The van der Waals surface area contributed by atoms with Crippen molar-refractivity contribution in [2.75, 3.05) is 13.2 Å². The van der Waals surface area contributed by atoms with Gasteiger partial charge in [0.2, 0.25) is 0 Å². The third-order valence-corrected chi connectivity index (χ3v) is 2.63. The van der Waals surface area contributed by atoms with Gasteiger partial charge in [0.15, 0.2) is 11.6 Å². The first-order chi connectivity index (χ1) is 9.22. The van der Waals surface area contributed by atoms with Crippen molar-refractivity contribution in [2.45, 2.75) is 19.9 Å². The predicted molar refractivity (Wildman–Crippen MR) is 69.5 cm³/mol. The zero-order chi connectivity index (χ0) is 13.7. The number of benzene rings is 1. The number of halogens is 1. The molecule has 0 amide bonds. The average molecular weight is 264 g/mol. The largest absolute Gasteiger partial charge is 0.491 e. The van der Waals surface area contributed by atoms with Gasteiger partial charge in [-0.1, -0.05) is 11.3 Å². The number of aromatic nitrogens is 3. The third-order valence-electron chi connectivity index (χ3n) is 2.63. The van der Waals surface area contributed by atoms with Crippen LogP contribution in [-0.4, -0.2) is 28.1 Å². The highest BCUT2D eigenvalue weighted by atomic mass is 19.1. The first-order valence-corrected chi connectivity index (χ1v) is 6.23. The van der Waals surface area contributed by atoms with E-state index in [0.717, 1.165) is 11.3 Å². The Balaban J connectivity index is 2.07. The van der Waals surface area contributed by atoms with E-state index < -0.39 is 0 Å². The number of hydrogen-bond acceptors (Lipinski definition) is 4. The molecule has 1 heterocycles. The van der Waals surface area contributed by atoms with Crippen molar-refractivity contribution in [3.8, 4) is 5.75 Å². The summed E-state index contributed by atoms with van der Waals surface area (Å²) >= 11 is 0. The second kappa shape index (κ2) is 6.29. The van der Waals surface area contributed by atoms with E-state index in [1.54, 1.807) is 10.7 Å². The van der Waals surface area contributed by atoms with E-state index in [-0.39, 0.29) is 11.6 Å². The zero-order valence-corrected chi connectivity index (χ0v) is 10.8. The van der Waals surface area contributed by atoms with Gasteiger partial charge in [0, 0.05) is 12.6 Å². The van der Waals surface area contributed by atoms with Crippen LogP contribution in [0, 0.1) is 5.82 Å². The van der Waals surface area contributed by atoms with Crippen LogP contribution in [0.15, 0.2) is 24.4 Å². The van der Waals surface area contributed by atoms with Crippen LogP contribution in [-0.2, 0) is 13.0 Å². The molecule has 0 atom stereocenters. The monoisotopic (exact) mass is 264 g/mol. The summed E-state index contributed by atoms with van der Waals surface area (Å²) in [5.74, 6) is -0.0877. The second-order valence-corrected chi connectivity index (χ2v) is 4.14. The number of nitrogens with two attached hydrogens (primary N) is 1. The van der Waals surface area contributed by atoms with Crippen LogP contribution in [0.2, 0.25) is 0 Å². The minimum absolute atomic E-state index is 0.272. The molecule has 0 aliphatic carbocycles. The standard InChI is InChI=1S/C13H17FN4O/c1-2-19-13-4-3-10(7-12(13)14)8-18-9-11(5-6-15)16-17-18/h3-4,7,9H,2,5-6,8,15H2,1H3. The fraction of sp³-hybridized carbons (Fsp3) is 0.385. The molecule has 0 radical (unpaired) electrons. The van der Waals surface area contributed by atoms with Crippen molar-refractivity contribution in [3.05, 3.63) is 41.5 Å². The molecule has 1 aromatic heterocycles. The average Bonchev–Trinajstić information content (AvgIpc) is 2.81. The molecule has 5 nitrogen and oxygen atoms in total. The van der Waals surface area contributed by atoms with Crippen molar-refractivity contribution >= 4 is 0 Å². The van der Waals surface area contributed by atoms with Gasteiger partial charge in [-0.3, -0.25) is 0 Å². The fourth-order valence-corrected chi connectivity index (χ4v) is 1.78. The maximum absolute atomic E-state index is 13.7. The van der Waals surface area contributed by atoms with Crippen molar-refractivity contribution < 1.29 is 9.13 Å². The van der Waals surface area contributed by atoms with E-state index in [1.165, 1.54) is 6.07 Å².